The van der Waals surface area contributed by atoms with Gasteiger partial charge < -0.3 is 10.2 Å². The van der Waals surface area contributed by atoms with Crippen molar-refractivity contribution in [3.63, 3.8) is 0 Å². The minimum Gasteiger partial charge on any atom is -0.309 e. The average Bonchev–Trinajstić information content (AvgIpc) is 2.30. The van der Waals surface area contributed by atoms with Gasteiger partial charge in [0.05, 0.1) is 0 Å². The quantitative estimate of drug-likeness (QED) is 0.869. The summed E-state index contributed by atoms with van der Waals surface area (Å²) in [5.41, 5.74) is 0.955. The molecular formula is C13H20BrFN2. The molecule has 0 heterocycles. The van der Waals surface area contributed by atoms with Crippen molar-refractivity contribution in [3.8, 4) is 0 Å². The summed E-state index contributed by atoms with van der Waals surface area (Å²) in [7, 11) is 2.09. The Morgan fingerprint density at radius 3 is 2.82 bits per heavy atom. The summed E-state index contributed by atoms with van der Waals surface area (Å²) in [6, 6.07) is 5.15. The molecule has 96 valence electrons. The van der Waals surface area contributed by atoms with Crippen LogP contribution in [-0.4, -0.2) is 31.1 Å². The van der Waals surface area contributed by atoms with Crippen molar-refractivity contribution in [1.82, 2.24) is 10.2 Å². The van der Waals surface area contributed by atoms with Gasteiger partial charge in [0, 0.05) is 23.6 Å². The molecule has 0 aliphatic heterocycles. The summed E-state index contributed by atoms with van der Waals surface area (Å²) >= 11 is 3.43. The third-order valence-electron chi connectivity index (χ3n) is 2.77. The number of nitrogens with one attached hydrogen (secondary N) is 1. The van der Waals surface area contributed by atoms with E-state index in [1.165, 1.54) is 6.07 Å². The fourth-order valence-corrected chi connectivity index (χ4v) is 2.01. The van der Waals surface area contributed by atoms with Gasteiger partial charge in [0.2, 0.25) is 0 Å². The van der Waals surface area contributed by atoms with Crippen LogP contribution in [0.25, 0.3) is 0 Å². The van der Waals surface area contributed by atoms with Crippen molar-refractivity contribution in [1.29, 1.82) is 0 Å². The molecule has 2 nitrogen and oxygen atoms in total. The van der Waals surface area contributed by atoms with E-state index in [9.17, 15) is 4.39 Å². The predicted molar refractivity (Wildman–Crippen MR) is 73.6 cm³/mol. The molecule has 0 saturated carbocycles. The Balaban J connectivity index is 2.47. The first kappa shape index (κ1) is 14.6. The Bertz CT molecular complexity index is 357. The zero-order valence-corrected chi connectivity index (χ0v) is 12.2. The maximum Gasteiger partial charge on any atom is 0.123 e. The third-order valence-corrected chi connectivity index (χ3v) is 3.55. The van der Waals surface area contributed by atoms with Crippen molar-refractivity contribution in [2.75, 3.05) is 20.1 Å². The van der Waals surface area contributed by atoms with Crippen LogP contribution in [0.5, 0.6) is 0 Å². The van der Waals surface area contributed by atoms with E-state index in [0.717, 1.165) is 23.1 Å². The van der Waals surface area contributed by atoms with Gasteiger partial charge in [-0.15, -0.1) is 0 Å². The molecule has 1 rings (SSSR count). The smallest absolute Gasteiger partial charge is 0.123 e. The van der Waals surface area contributed by atoms with Crippen LogP contribution in [0.2, 0.25) is 0 Å². The largest absolute Gasteiger partial charge is 0.309 e. The SMILES string of the molecule is CCN(C)CC(C)NCc1cc(F)ccc1Br. The molecule has 1 aromatic carbocycles. The van der Waals surface area contributed by atoms with Crippen LogP contribution in [0.4, 0.5) is 4.39 Å². The number of rotatable bonds is 6. The first-order chi connectivity index (χ1) is 8.02. The summed E-state index contributed by atoms with van der Waals surface area (Å²) in [4.78, 5) is 2.25. The Hall–Kier alpha value is -0.450. The Kier molecular flexibility index (Phi) is 6.09. The lowest BCUT2D eigenvalue weighted by Crippen LogP contribution is -2.37. The van der Waals surface area contributed by atoms with Gasteiger partial charge in [0.15, 0.2) is 0 Å². The summed E-state index contributed by atoms with van der Waals surface area (Å²) in [6.07, 6.45) is 0. The van der Waals surface area contributed by atoms with Crippen molar-refractivity contribution < 1.29 is 4.39 Å². The van der Waals surface area contributed by atoms with E-state index >= 15 is 0 Å². The van der Waals surface area contributed by atoms with Crippen LogP contribution in [0.15, 0.2) is 22.7 Å². The van der Waals surface area contributed by atoms with Crippen LogP contribution in [0.3, 0.4) is 0 Å². The molecule has 0 bridgehead atoms. The maximum atomic E-state index is 13.1. The molecule has 1 atom stereocenters. The predicted octanol–water partition coefficient (Wildman–Crippen LogP) is 3.02. The zero-order chi connectivity index (χ0) is 12.8. The molecule has 0 saturated heterocycles. The van der Waals surface area contributed by atoms with E-state index in [4.69, 9.17) is 0 Å². The minimum absolute atomic E-state index is 0.191. The van der Waals surface area contributed by atoms with E-state index in [-0.39, 0.29) is 5.82 Å². The summed E-state index contributed by atoms with van der Waals surface area (Å²) in [6.45, 7) is 6.98. The third kappa shape index (κ3) is 5.15. The van der Waals surface area contributed by atoms with Crippen LogP contribution in [0.1, 0.15) is 19.4 Å². The topological polar surface area (TPSA) is 15.3 Å². The number of hydrogen-bond acceptors (Lipinski definition) is 2. The number of benzene rings is 1. The molecule has 0 radical (unpaired) electrons. The van der Waals surface area contributed by atoms with Gasteiger partial charge in [0.25, 0.3) is 0 Å². The van der Waals surface area contributed by atoms with E-state index in [2.05, 4.69) is 47.0 Å². The van der Waals surface area contributed by atoms with Crippen LogP contribution >= 0.6 is 15.9 Å². The molecule has 0 aliphatic rings. The first-order valence-electron chi connectivity index (χ1n) is 5.88. The molecule has 0 spiro atoms. The van der Waals surface area contributed by atoms with E-state index in [0.29, 0.717) is 12.6 Å². The Morgan fingerprint density at radius 2 is 2.18 bits per heavy atom. The highest BCUT2D eigenvalue weighted by Crippen LogP contribution is 2.17. The van der Waals surface area contributed by atoms with Crippen molar-refractivity contribution in [2.24, 2.45) is 0 Å². The highest BCUT2D eigenvalue weighted by atomic mass is 79.9. The van der Waals surface area contributed by atoms with Gasteiger partial charge in [-0.3, -0.25) is 0 Å². The Labute approximate surface area is 111 Å². The van der Waals surface area contributed by atoms with Gasteiger partial charge in [0.1, 0.15) is 5.82 Å². The molecule has 0 aromatic heterocycles. The van der Waals surface area contributed by atoms with Crippen LogP contribution in [-0.2, 0) is 6.54 Å². The lowest BCUT2D eigenvalue weighted by Gasteiger charge is -2.21. The van der Waals surface area contributed by atoms with Gasteiger partial charge in [-0.1, -0.05) is 22.9 Å². The van der Waals surface area contributed by atoms with Crippen LogP contribution in [0, 0.1) is 5.82 Å². The van der Waals surface area contributed by atoms with Gasteiger partial charge in [-0.25, -0.2) is 4.39 Å². The molecule has 0 aliphatic carbocycles. The summed E-state index contributed by atoms with van der Waals surface area (Å²) in [5.74, 6) is -0.191. The number of hydrogen-bond donors (Lipinski definition) is 1. The molecule has 1 N–H and O–H groups in total. The molecule has 1 unspecified atom stereocenters. The lowest BCUT2D eigenvalue weighted by molar-refractivity contribution is 0.309. The highest BCUT2D eigenvalue weighted by Gasteiger charge is 2.06. The van der Waals surface area contributed by atoms with Gasteiger partial charge >= 0.3 is 0 Å². The molecule has 0 fully saturated rings. The van der Waals surface area contributed by atoms with Crippen molar-refractivity contribution in [2.45, 2.75) is 26.4 Å². The highest BCUT2D eigenvalue weighted by molar-refractivity contribution is 9.10. The molecule has 4 heteroatoms. The molecule has 0 amide bonds. The van der Waals surface area contributed by atoms with E-state index in [1.54, 1.807) is 12.1 Å². The van der Waals surface area contributed by atoms with E-state index < -0.39 is 0 Å². The molecule has 1 aromatic rings. The number of halogens is 2. The minimum atomic E-state index is -0.191. The maximum absolute atomic E-state index is 13.1. The number of likely N-dealkylation sites (N-methyl/N-ethyl adjacent to an activating group) is 1. The monoisotopic (exact) mass is 302 g/mol. The molecular weight excluding hydrogens is 283 g/mol. The van der Waals surface area contributed by atoms with Crippen molar-refractivity contribution in [3.05, 3.63) is 34.1 Å². The fourth-order valence-electron chi connectivity index (χ4n) is 1.62. The average molecular weight is 303 g/mol. The van der Waals surface area contributed by atoms with Gasteiger partial charge in [-0.05, 0) is 44.3 Å². The second-order valence-corrected chi connectivity index (χ2v) is 5.23. The summed E-state index contributed by atoms with van der Waals surface area (Å²) < 4.78 is 14.0. The standard InChI is InChI=1S/C13H20BrFN2/c1-4-17(3)9-10(2)16-8-11-7-12(15)5-6-13(11)14/h5-7,10,16H,4,8-9H2,1-3H3. The number of nitrogens with zero attached hydrogens (tertiary/aromatic N) is 1. The zero-order valence-electron chi connectivity index (χ0n) is 10.6. The van der Waals surface area contributed by atoms with Gasteiger partial charge in [-0.2, -0.15) is 0 Å². The van der Waals surface area contributed by atoms with Crippen molar-refractivity contribution >= 4 is 15.9 Å². The second-order valence-electron chi connectivity index (χ2n) is 4.37. The van der Waals surface area contributed by atoms with Crippen LogP contribution < -0.4 is 5.32 Å². The fraction of sp³-hybridized carbons (Fsp3) is 0.538. The first-order valence-corrected chi connectivity index (χ1v) is 6.68. The normalized spacial score (nSPS) is 13.1. The lowest BCUT2D eigenvalue weighted by atomic mass is 10.2. The second kappa shape index (κ2) is 7.09. The summed E-state index contributed by atoms with van der Waals surface area (Å²) in [5, 5.41) is 3.39. The van der Waals surface area contributed by atoms with E-state index in [1.807, 2.05) is 0 Å². The Morgan fingerprint density at radius 1 is 1.47 bits per heavy atom. The molecule has 17 heavy (non-hydrogen) atoms.